The van der Waals surface area contributed by atoms with E-state index in [9.17, 15) is 4.79 Å². The highest BCUT2D eigenvalue weighted by molar-refractivity contribution is 8.13. The fourth-order valence-corrected chi connectivity index (χ4v) is 0.892. The van der Waals surface area contributed by atoms with Gasteiger partial charge >= 0.3 is 5.97 Å². The van der Waals surface area contributed by atoms with E-state index in [0.29, 0.717) is 0 Å². The second-order valence-corrected chi connectivity index (χ2v) is 3.07. The predicted molar refractivity (Wildman–Crippen MR) is 41.6 cm³/mol. The number of hydrogen-bond acceptors (Lipinski definition) is 3. The summed E-state index contributed by atoms with van der Waals surface area (Å²) in [6.45, 7) is 0. The van der Waals surface area contributed by atoms with Crippen LogP contribution in [0.25, 0.3) is 0 Å². The summed E-state index contributed by atoms with van der Waals surface area (Å²) in [5, 5.41) is 13.9. The molecule has 10 heavy (non-hydrogen) atoms. The lowest BCUT2D eigenvalue weighted by Crippen LogP contribution is -2.18. The Balaban J connectivity index is 3.49. The van der Waals surface area contributed by atoms with Crippen molar-refractivity contribution in [1.29, 1.82) is 5.41 Å². The van der Waals surface area contributed by atoms with E-state index >= 15 is 0 Å². The van der Waals surface area contributed by atoms with Gasteiger partial charge in [-0.2, -0.15) is 0 Å². The second kappa shape index (κ2) is 4.40. The third-order valence-electron chi connectivity index (χ3n) is 0.653. The summed E-state index contributed by atoms with van der Waals surface area (Å²) in [6.07, 6.45) is 0. The maximum absolute atomic E-state index is 10.1. The van der Waals surface area contributed by atoms with Crippen molar-refractivity contribution in [2.75, 3.05) is 5.75 Å². The van der Waals surface area contributed by atoms with Gasteiger partial charge < -0.3 is 10.8 Å². The van der Waals surface area contributed by atoms with Crippen molar-refractivity contribution in [2.45, 2.75) is 5.38 Å². The molecular weight excluding hydrogens is 176 g/mol. The Morgan fingerprint density at radius 2 is 2.40 bits per heavy atom. The van der Waals surface area contributed by atoms with Gasteiger partial charge in [-0.05, 0) is 0 Å². The molecule has 0 saturated carbocycles. The molecular formula is C4H7ClN2O2S. The Kier molecular flexibility index (Phi) is 4.22. The molecule has 0 aromatic carbocycles. The summed E-state index contributed by atoms with van der Waals surface area (Å²) in [6, 6.07) is 0. The topological polar surface area (TPSA) is 87.2 Å². The molecule has 0 aliphatic carbocycles. The third kappa shape index (κ3) is 4.46. The molecule has 0 bridgehead atoms. The van der Waals surface area contributed by atoms with E-state index in [1.54, 1.807) is 0 Å². The van der Waals surface area contributed by atoms with Gasteiger partial charge in [0.05, 0.1) is 0 Å². The smallest absolute Gasteiger partial charge is 0.322 e. The minimum atomic E-state index is -1.09. The van der Waals surface area contributed by atoms with Crippen LogP contribution in [0.15, 0.2) is 0 Å². The highest BCUT2D eigenvalue weighted by Gasteiger charge is 2.13. The number of aliphatic carboxylic acids is 1. The first-order valence-electron chi connectivity index (χ1n) is 2.37. The van der Waals surface area contributed by atoms with Gasteiger partial charge in [-0.3, -0.25) is 10.2 Å². The normalized spacial score (nSPS) is 12.5. The van der Waals surface area contributed by atoms with Crippen molar-refractivity contribution < 1.29 is 9.90 Å². The summed E-state index contributed by atoms with van der Waals surface area (Å²) in [5.74, 6) is -0.956. The van der Waals surface area contributed by atoms with Crippen LogP contribution in [0.2, 0.25) is 0 Å². The lowest BCUT2D eigenvalue weighted by Gasteiger charge is -2.00. The summed E-state index contributed by atoms with van der Waals surface area (Å²) in [5.41, 5.74) is 4.94. The molecule has 0 spiro atoms. The number of rotatable bonds is 3. The van der Waals surface area contributed by atoms with Crippen LogP contribution >= 0.6 is 23.4 Å². The molecule has 0 aliphatic rings. The Bertz CT molecular complexity index is 152. The van der Waals surface area contributed by atoms with Gasteiger partial charge in [0.25, 0.3) is 0 Å². The third-order valence-corrected chi connectivity index (χ3v) is 1.99. The molecule has 6 heteroatoms. The Morgan fingerprint density at radius 3 is 2.70 bits per heavy atom. The number of thioether (sulfide) groups is 1. The van der Waals surface area contributed by atoms with E-state index in [1.165, 1.54) is 0 Å². The second-order valence-electron chi connectivity index (χ2n) is 1.48. The van der Waals surface area contributed by atoms with Crippen LogP contribution in [0.1, 0.15) is 0 Å². The lowest BCUT2D eigenvalue weighted by atomic mass is 10.5. The van der Waals surface area contributed by atoms with Gasteiger partial charge in [-0.15, -0.1) is 11.6 Å². The van der Waals surface area contributed by atoms with Crippen molar-refractivity contribution in [1.82, 2.24) is 0 Å². The molecule has 0 aromatic rings. The van der Waals surface area contributed by atoms with Crippen molar-refractivity contribution in [3.8, 4) is 0 Å². The molecule has 0 amide bonds. The molecule has 0 heterocycles. The van der Waals surface area contributed by atoms with Crippen molar-refractivity contribution in [2.24, 2.45) is 5.73 Å². The van der Waals surface area contributed by atoms with Crippen LogP contribution in [0, 0.1) is 5.41 Å². The molecule has 0 aliphatic heterocycles. The largest absolute Gasteiger partial charge is 0.480 e. The fourth-order valence-electron chi connectivity index (χ4n) is 0.234. The van der Waals surface area contributed by atoms with Gasteiger partial charge in [-0.25, -0.2) is 0 Å². The van der Waals surface area contributed by atoms with E-state index in [4.69, 9.17) is 27.9 Å². The number of carboxylic acids is 1. The van der Waals surface area contributed by atoms with Gasteiger partial charge in [0, 0.05) is 5.75 Å². The van der Waals surface area contributed by atoms with Crippen LogP contribution < -0.4 is 5.73 Å². The fraction of sp³-hybridized carbons (Fsp3) is 0.500. The SMILES string of the molecule is N=C(N)SC[C@@H](Cl)C(=O)O. The van der Waals surface area contributed by atoms with Gasteiger partial charge in [-0.1, -0.05) is 11.8 Å². The number of alkyl halides is 1. The zero-order chi connectivity index (χ0) is 8.15. The molecule has 4 nitrogen and oxygen atoms in total. The van der Waals surface area contributed by atoms with Gasteiger partial charge in [0.1, 0.15) is 5.38 Å². The number of carbonyl (C=O) groups is 1. The lowest BCUT2D eigenvalue weighted by molar-refractivity contribution is -0.136. The summed E-state index contributed by atoms with van der Waals surface area (Å²) < 4.78 is 0. The monoisotopic (exact) mass is 182 g/mol. The molecule has 0 radical (unpaired) electrons. The molecule has 58 valence electrons. The summed E-state index contributed by atoms with van der Waals surface area (Å²) in [4.78, 5) is 10.1. The average molecular weight is 183 g/mol. The molecule has 0 fully saturated rings. The van der Waals surface area contributed by atoms with E-state index in [-0.39, 0.29) is 10.9 Å². The van der Waals surface area contributed by atoms with E-state index in [2.05, 4.69) is 0 Å². The van der Waals surface area contributed by atoms with Crippen LogP contribution in [0.5, 0.6) is 0 Å². The summed E-state index contributed by atoms with van der Waals surface area (Å²) in [7, 11) is 0. The number of carboxylic acid groups (broad SMARTS) is 1. The van der Waals surface area contributed by atoms with Crippen LogP contribution in [0.4, 0.5) is 0 Å². The predicted octanol–water partition coefficient (Wildman–Crippen LogP) is 0.305. The first-order chi connectivity index (χ1) is 4.54. The number of hydrogen-bond donors (Lipinski definition) is 3. The van der Waals surface area contributed by atoms with Crippen LogP contribution in [0.3, 0.4) is 0 Å². The Hall–Kier alpha value is -0.420. The summed E-state index contributed by atoms with van der Waals surface area (Å²) >= 11 is 6.20. The van der Waals surface area contributed by atoms with Crippen LogP contribution in [-0.4, -0.2) is 27.4 Å². The highest BCUT2D eigenvalue weighted by atomic mass is 35.5. The maximum atomic E-state index is 10.1. The minimum absolute atomic E-state index is 0.119. The molecule has 1 atom stereocenters. The Labute approximate surface area is 67.2 Å². The van der Waals surface area contributed by atoms with Crippen LogP contribution in [-0.2, 0) is 4.79 Å². The quantitative estimate of drug-likeness (QED) is 0.333. The molecule has 0 rings (SSSR count). The number of halogens is 1. The van der Waals surface area contributed by atoms with E-state index in [0.717, 1.165) is 11.8 Å². The van der Waals surface area contributed by atoms with Crippen molar-refractivity contribution in [3.05, 3.63) is 0 Å². The number of nitrogens with two attached hydrogens (primary N) is 1. The van der Waals surface area contributed by atoms with Gasteiger partial charge in [0.15, 0.2) is 5.17 Å². The van der Waals surface area contributed by atoms with E-state index in [1.807, 2.05) is 0 Å². The highest BCUT2D eigenvalue weighted by Crippen LogP contribution is 2.06. The zero-order valence-electron chi connectivity index (χ0n) is 5.00. The van der Waals surface area contributed by atoms with Crippen molar-refractivity contribution in [3.63, 3.8) is 0 Å². The van der Waals surface area contributed by atoms with Gasteiger partial charge in [0.2, 0.25) is 0 Å². The molecule has 0 saturated heterocycles. The maximum Gasteiger partial charge on any atom is 0.322 e. The zero-order valence-corrected chi connectivity index (χ0v) is 6.58. The number of nitrogens with one attached hydrogen (secondary N) is 1. The Morgan fingerprint density at radius 1 is 1.90 bits per heavy atom. The first-order valence-corrected chi connectivity index (χ1v) is 3.80. The molecule has 0 unspecified atom stereocenters. The standard InChI is InChI=1S/C4H7ClN2O2S/c5-2(3(8)9)1-10-4(6)7/h2H,1H2,(H3,6,7)(H,8,9)/t2-/m1/s1. The van der Waals surface area contributed by atoms with Crippen molar-refractivity contribution >= 4 is 34.5 Å². The average Bonchev–Trinajstić information content (AvgIpc) is 1.82. The first kappa shape index (κ1) is 9.58. The molecule has 4 N–H and O–H groups in total. The molecule has 0 aromatic heterocycles. The minimum Gasteiger partial charge on any atom is -0.480 e. The number of amidine groups is 1. The van der Waals surface area contributed by atoms with E-state index < -0.39 is 11.3 Å².